The van der Waals surface area contributed by atoms with E-state index in [9.17, 15) is 10.2 Å². The van der Waals surface area contributed by atoms with Crippen LogP contribution in [0.25, 0.3) is 10.8 Å². The van der Waals surface area contributed by atoms with Gasteiger partial charge in [-0.2, -0.15) is 0 Å². The van der Waals surface area contributed by atoms with Crippen LogP contribution in [0.3, 0.4) is 0 Å². The summed E-state index contributed by atoms with van der Waals surface area (Å²) in [5.74, 6) is 0.547. The summed E-state index contributed by atoms with van der Waals surface area (Å²) in [6, 6.07) is 7.47. The number of fused-ring (bicyclic) bond motifs is 1. The first kappa shape index (κ1) is 29.2. The summed E-state index contributed by atoms with van der Waals surface area (Å²) in [5.41, 5.74) is 7.26. The first-order valence-electron chi connectivity index (χ1n) is 13.4. The molecule has 0 radical (unpaired) electrons. The SMILES string of the molecule is C=CCC/C(C)=C/CC/C(C)=C/CC/C(C)=C/CC/C(C)=C/Cc1c(C)c(O)c2ccccc2c1O. The van der Waals surface area contributed by atoms with E-state index in [1.54, 1.807) is 0 Å². The summed E-state index contributed by atoms with van der Waals surface area (Å²) in [7, 11) is 0. The molecule has 0 atom stereocenters. The molecule has 0 aliphatic rings. The van der Waals surface area contributed by atoms with Crippen molar-refractivity contribution in [3.8, 4) is 11.5 Å². The monoisotopic (exact) mass is 486 g/mol. The van der Waals surface area contributed by atoms with Gasteiger partial charge in [0.2, 0.25) is 0 Å². The molecule has 0 spiro atoms. The zero-order chi connectivity index (χ0) is 26.5. The lowest BCUT2D eigenvalue weighted by Gasteiger charge is -2.13. The minimum Gasteiger partial charge on any atom is -0.507 e. The van der Waals surface area contributed by atoms with E-state index >= 15 is 0 Å². The highest BCUT2D eigenvalue weighted by atomic mass is 16.3. The van der Waals surface area contributed by atoms with Crippen LogP contribution >= 0.6 is 0 Å². The van der Waals surface area contributed by atoms with E-state index < -0.39 is 0 Å². The Morgan fingerprint density at radius 3 is 1.56 bits per heavy atom. The number of hydrogen-bond acceptors (Lipinski definition) is 2. The molecular weight excluding hydrogens is 440 g/mol. The molecule has 0 aromatic heterocycles. The third-order valence-electron chi connectivity index (χ3n) is 7.02. The van der Waals surface area contributed by atoms with Crippen LogP contribution in [0.4, 0.5) is 0 Å². The molecule has 0 aliphatic heterocycles. The maximum atomic E-state index is 10.8. The van der Waals surface area contributed by atoms with Gasteiger partial charge in [0, 0.05) is 16.3 Å². The van der Waals surface area contributed by atoms with Gasteiger partial charge < -0.3 is 10.2 Å². The van der Waals surface area contributed by atoms with Crippen LogP contribution in [0.15, 0.2) is 83.5 Å². The molecule has 0 amide bonds. The molecule has 0 bridgehead atoms. The number of rotatable bonds is 14. The summed E-state index contributed by atoms with van der Waals surface area (Å²) >= 11 is 0. The Morgan fingerprint density at radius 2 is 1.08 bits per heavy atom. The fraction of sp³-hybridized carbons (Fsp3) is 0.412. The van der Waals surface area contributed by atoms with Crippen molar-refractivity contribution in [2.24, 2.45) is 0 Å². The standard InChI is InChI=1S/C34H46O2/c1-7-8-14-25(2)15-11-16-26(3)17-12-18-27(4)19-13-20-28(5)23-24-30-29(6)33(35)31-21-9-10-22-32(31)34(30)36/h7,9-10,15,17,19,21-23,35-36H,1,8,11-14,16,18,20,24H2,2-6H3/b25-15+,26-17+,27-19+,28-23+. The van der Waals surface area contributed by atoms with E-state index in [0.717, 1.165) is 62.5 Å². The maximum absolute atomic E-state index is 10.8. The predicted molar refractivity (Wildman–Crippen MR) is 158 cm³/mol. The van der Waals surface area contributed by atoms with Crippen molar-refractivity contribution in [3.63, 3.8) is 0 Å². The summed E-state index contributed by atoms with van der Waals surface area (Å²) in [4.78, 5) is 0. The fourth-order valence-corrected chi connectivity index (χ4v) is 4.48. The van der Waals surface area contributed by atoms with Gasteiger partial charge in [0.05, 0.1) is 0 Å². The predicted octanol–water partition coefficient (Wildman–Crippen LogP) is 10.2. The molecule has 2 nitrogen and oxygen atoms in total. The first-order chi connectivity index (χ1) is 17.2. The summed E-state index contributed by atoms with van der Waals surface area (Å²) in [6.07, 6.45) is 20.6. The van der Waals surface area contributed by atoms with Crippen molar-refractivity contribution in [1.82, 2.24) is 0 Å². The van der Waals surface area contributed by atoms with Gasteiger partial charge in [-0.15, -0.1) is 6.58 Å². The molecule has 0 saturated heterocycles. The molecule has 2 heteroatoms. The minimum absolute atomic E-state index is 0.266. The molecule has 36 heavy (non-hydrogen) atoms. The van der Waals surface area contributed by atoms with Crippen molar-refractivity contribution in [1.29, 1.82) is 0 Å². The molecule has 194 valence electrons. The highest BCUT2D eigenvalue weighted by Crippen LogP contribution is 2.39. The zero-order valence-corrected chi connectivity index (χ0v) is 23.2. The molecule has 2 aromatic rings. The van der Waals surface area contributed by atoms with Gasteiger partial charge in [0.1, 0.15) is 11.5 Å². The van der Waals surface area contributed by atoms with E-state index in [1.165, 1.54) is 22.3 Å². The molecule has 2 aromatic carbocycles. The Labute approximate surface area is 219 Å². The topological polar surface area (TPSA) is 40.5 Å². The quantitative estimate of drug-likeness (QED) is 0.206. The van der Waals surface area contributed by atoms with Crippen LogP contribution < -0.4 is 0 Å². The maximum Gasteiger partial charge on any atom is 0.127 e. The average molecular weight is 487 g/mol. The van der Waals surface area contributed by atoms with E-state index in [4.69, 9.17) is 0 Å². The normalized spacial score (nSPS) is 13.5. The smallest absolute Gasteiger partial charge is 0.127 e. The molecule has 2 rings (SSSR count). The second-order valence-corrected chi connectivity index (χ2v) is 10.2. The van der Waals surface area contributed by atoms with E-state index in [-0.39, 0.29) is 11.5 Å². The Bertz CT molecular complexity index is 1140. The summed E-state index contributed by atoms with van der Waals surface area (Å²) in [6.45, 7) is 14.5. The number of aromatic hydroxyl groups is 2. The molecule has 0 saturated carbocycles. The molecule has 0 unspecified atom stereocenters. The molecule has 2 N–H and O–H groups in total. The van der Waals surface area contributed by atoms with E-state index in [0.29, 0.717) is 17.2 Å². The molecular formula is C34H46O2. The fourth-order valence-electron chi connectivity index (χ4n) is 4.48. The van der Waals surface area contributed by atoms with Crippen molar-refractivity contribution in [3.05, 3.63) is 94.6 Å². The third-order valence-corrected chi connectivity index (χ3v) is 7.02. The highest BCUT2D eigenvalue weighted by molar-refractivity contribution is 5.95. The van der Waals surface area contributed by atoms with E-state index in [2.05, 4.69) is 58.6 Å². The lowest BCUT2D eigenvalue weighted by molar-refractivity contribution is 0.461. The number of phenols is 2. The van der Waals surface area contributed by atoms with Gasteiger partial charge in [-0.3, -0.25) is 0 Å². The first-order valence-corrected chi connectivity index (χ1v) is 13.4. The van der Waals surface area contributed by atoms with Gasteiger partial charge in [0.25, 0.3) is 0 Å². The number of phenolic OH excluding ortho intramolecular Hbond substituents is 2. The number of hydrogen-bond donors (Lipinski definition) is 2. The second kappa shape index (κ2) is 15.2. The Morgan fingerprint density at radius 1 is 0.667 bits per heavy atom. The van der Waals surface area contributed by atoms with Crippen LogP contribution in [0.1, 0.15) is 90.2 Å². The Hall–Kier alpha value is -3.00. The van der Waals surface area contributed by atoms with Gasteiger partial charge in [0.15, 0.2) is 0 Å². The van der Waals surface area contributed by atoms with Gasteiger partial charge in [-0.05, 0) is 98.0 Å². The minimum atomic E-state index is 0.266. The van der Waals surface area contributed by atoms with Crippen molar-refractivity contribution < 1.29 is 10.2 Å². The van der Waals surface area contributed by atoms with Crippen LogP contribution in [-0.4, -0.2) is 10.2 Å². The van der Waals surface area contributed by atoms with Gasteiger partial charge in [-0.1, -0.05) is 76.9 Å². The third kappa shape index (κ3) is 9.22. The summed E-state index contributed by atoms with van der Waals surface area (Å²) in [5, 5.41) is 22.8. The molecule has 0 fully saturated rings. The number of allylic oxidation sites excluding steroid dienone is 9. The van der Waals surface area contributed by atoms with Crippen molar-refractivity contribution >= 4 is 10.8 Å². The zero-order valence-electron chi connectivity index (χ0n) is 23.2. The van der Waals surface area contributed by atoms with Crippen molar-refractivity contribution in [2.75, 3.05) is 0 Å². The van der Waals surface area contributed by atoms with Crippen LogP contribution in [-0.2, 0) is 6.42 Å². The van der Waals surface area contributed by atoms with Crippen LogP contribution in [0.5, 0.6) is 11.5 Å². The van der Waals surface area contributed by atoms with E-state index in [1.807, 2.05) is 37.3 Å². The van der Waals surface area contributed by atoms with Gasteiger partial charge >= 0.3 is 0 Å². The second-order valence-electron chi connectivity index (χ2n) is 10.2. The van der Waals surface area contributed by atoms with Gasteiger partial charge in [-0.25, -0.2) is 0 Å². The average Bonchev–Trinajstić information content (AvgIpc) is 2.86. The van der Waals surface area contributed by atoms with Crippen LogP contribution in [0.2, 0.25) is 0 Å². The summed E-state index contributed by atoms with van der Waals surface area (Å²) < 4.78 is 0. The molecule has 0 aliphatic carbocycles. The highest BCUT2D eigenvalue weighted by Gasteiger charge is 2.14. The Kier molecular flexibility index (Phi) is 12.3. The lowest BCUT2D eigenvalue weighted by atomic mass is 9.95. The number of benzene rings is 2. The molecule has 0 heterocycles. The Balaban J connectivity index is 1.81. The largest absolute Gasteiger partial charge is 0.507 e. The van der Waals surface area contributed by atoms with Crippen LogP contribution in [0, 0.1) is 6.92 Å². The van der Waals surface area contributed by atoms with Crippen molar-refractivity contribution in [2.45, 2.75) is 92.4 Å². The lowest BCUT2D eigenvalue weighted by Crippen LogP contribution is -1.92.